The first-order valence-electron chi connectivity index (χ1n) is 7.48. The summed E-state index contributed by atoms with van der Waals surface area (Å²) in [5, 5.41) is 3.68. The first kappa shape index (κ1) is 12.3. The first-order valence-corrected chi connectivity index (χ1v) is 7.48. The lowest BCUT2D eigenvalue weighted by atomic mass is 10.0. The van der Waals surface area contributed by atoms with Crippen LogP contribution in [0.15, 0.2) is 60.5 Å². The van der Waals surface area contributed by atoms with Crippen LogP contribution in [0.4, 0.5) is 17.1 Å². The van der Waals surface area contributed by atoms with E-state index in [9.17, 15) is 0 Å². The SMILES string of the molecule is Cc1ccc2c(c1)N(c1cc[nH]c1)C(C1=CC=CCC1)N2. The summed E-state index contributed by atoms with van der Waals surface area (Å²) in [4.78, 5) is 5.57. The summed E-state index contributed by atoms with van der Waals surface area (Å²) in [6.07, 6.45) is 13.1. The van der Waals surface area contributed by atoms with Crippen molar-refractivity contribution >= 4 is 17.1 Å². The Labute approximate surface area is 125 Å². The number of rotatable bonds is 2. The number of hydrogen-bond acceptors (Lipinski definition) is 2. The molecule has 0 saturated carbocycles. The molecular weight excluding hydrogens is 258 g/mol. The second-order valence-corrected chi connectivity index (χ2v) is 5.72. The molecule has 1 aliphatic carbocycles. The largest absolute Gasteiger partial charge is 0.366 e. The van der Waals surface area contributed by atoms with Crippen LogP contribution in [0.5, 0.6) is 0 Å². The molecule has 0 radical (unpaired) electrons. The molecule has 106 valence electrons. The molecule has 2 heterocycles. The molecule has 3 heteroatoms. The summed E-state index contributed by atoms with van der Waals surface area (Å²) in [7, 11) is 0. The van der Waals surface area contributed by atoms with Crippen LogP contribution in [0, 0.1) is 6.92 Å². The third-order valence-electron chi connectivity index (χ3n) is 4.22. The Balaban J connectivity index is 1.81. The lowest BCUT2D eigenvalue weighted by molar-refractivity contribution is 0.790. The number of aromatic nitrogens is 1. The van der Waals surface area contributed by atoms with E-state index < -0.39 is 0 Å². The molecule has 0 saturated heterocycles. The van der Waals surface area contributed by atoms with Gasteiger partial charge in [-0.3, -0.25) is 0 Å². The van der Waals surface area contributed by atoms with Gasteiger partial charge in [-0.05, 0) is 49.1 Å². The maximum Gasteiger partial charge on any atom is 0.126 e. The molecule has 4 rings (SSSR count). The Kier molecular flexibility index (Phi) is 2.85. The maximum atomic E-state index is 3.68. The summed E-state index contributed by atoms with van der Waals surface area (Å²) in [5.41, 5.74) is 6.39. The van der Waals surface area contributed by atoms with Crippen molar-refractivity contribution in [3.05, 3.63) is 66.0 Å². The highest BCUT2D eigenvalue weighted by atomic mass is 15.3. The van der Waals surface area contributed by atoms with E-state index in [0.29, 0.717) is 0 Å². The lowest BCUT2D eigenvalue weighted by Gasteiger charge is -2.28. The fourth-order valence-corrected chi connectivity index (χ4v) is 3.17. The summed E-state index contributed by atoms with van der Waals surface area (Å²) in [5.74, 6) is 0. The summed E-state index contributed by atoms with van der Waals surface area (Å²) in [6, 6.07) is 8.74. The number of aromatic amines is 1. The van der Waals surface area contributed by atoms with E-state index in [1.54, 1.807) is 0 Å². The number of fused-ring (bicyclic) bond motifs is 1. The van der Waals surface area contributed by atoms with Gasteiger partial charge in [-0.15, -0.1) is 0 Å². The first-order chi connectivity index (χ1) is 10.3. The Bertz CT molecular complexity index is 710. The Morgan fingerprint density at radius 3 is 2.95 bits per heavy atom. The number of nitrogens with zero attached hydrogens (tertiary/aromatic N) is 1. The molecule has 0 bridgehead atoms. The second-order valence-electron chi connectivity index (χ2n) is 5.72. The number of allylic oxidation sites excluding steroid dienone is 3. The van der Waals surface area contributed by atoms with Gasteiger partial charge in [0.2, 0.25) is 0 Å². The van der Waals surface area contributed by atoms with Gasteiger partial charge in [0.15, 0.2) is 0 Å². The van der Waals surface area contributed by atoms with Crippen LogP contribution in [0.3, 0.4) is 0 Å². The minimum absolute atomic E-state index is 0.211. The van der Waals surface area contributed by atoms with Gasteiger partial charge in [0, 0.05) is 12.4 Å². The van der Waals surface area contributed by atoms with Crippen LogP contribution < -0.4 is 10.2 Å². The normalized spacial score (nSPS) is 20.1. The van der Waals surface area contributed by atoms with E-state index >= 15 is 0 Å². The van der Waals surface area contributed by atoms with Crippen molar-refractivity contribution in [1.82, 2.24) is 4.98 Å². The predicted molar refractivity (Wildman–Crippen MR) is 88.0 cm³/mol. The van der Waals surface area contributed by atoms with Gasteiger partial charge in [-0.25, -0.2) is 0 Å². The van der Waals surface area contributed by atoms with E-state index in [1.165, 1.54) is 28.2 Å². The molecular formula is C18H19N3. The van der Waals surface area contributed by atoms with Gasteiger partial charge in [-0.2, -0.15) is 0 Å². The number of nitrogens with one attached hydrogen (secondary N) is 2. The standard InChI is InChI=1S/C18H19N3/c1-13-7-8-16-17(11-13)21(15-9-10-19-12-15)18(20-16)14-5-3-2-4-6-14/h2-3,5,7-12,18-20H,4,6H2,1H3. The zero-order valence-electron chi connectivity index (χ0n) is 12.1. The molecule has 3 nitrogen and oxygen atoms in total. The van der Waals surface area contributed by atoms with Crippen LogP contribution in [0.1, 0.15) is 18.4 Å². The Morgan fingerprint density at radius 2 is 2.19 bits per heavy atom. The van der Waals surface area contributed by atoms with Crippen molar-refractivity contribution in [3.8, 4) is 0 Å². The van der Waals surface area contributed by atoms with Crippen molar-refractivity contribution in [3.63, 3.8) is 0 Å². The topological polar surface area (TPSA) is 31.1 Å². The molecule has 0 spiro atoms. The van der Waals surface area contributed by atoms with Gasteiger partial charge in [-0.1, -0.05) is 24.3 Å². The van der Waals surface area contributed by atoms with Gasteiger partial charge < -0.3 is 15.2 Å². The zero-order valence-corrected chi connectivity index (χ0v) is 12.1. The average molecular weight is 277 g/mol. The molecule has 1 atom stereocenters. The van der Waals surface area contributed by atoms with Crippen molar-refractivity contribution in [1.29, 1.82) is 0 Å². The van der Waals surface area contributed by atoms with Crippen molar-refractivity contribution < 1.29 is 0 Å². The monoisotopic (exact) mass is 277 g/mol. The van der Waals surface area contributed by atoms with Crippen LogP contribution in [0.2, 0.25) is 0 Å². The second kappa shape index (κ2) is 4.85. The molecule has 2 aromatic rings. The zero-order chi connectivity index (χ0) is 14.2. The molecule has 1 aliphatic heterocycles. The Hall–Kier alpha value is -2.42. The van der Waals surface area contributed by atoms with Gasteiger partial charge in [0.1, 0.15) is 6.17 Å². The smallest absolute Gasteiger partial charge is 0.126 e. The van der Waals surface area contributed by atoms with Crippen molar-refractivity contribution in [2.45, 2.75) is 25.9 Å². The molecule has 2 N–H and O–H groups in total. The summed E-state index contributed by atoms with van der Waals surface area (Å²) < 4.78 is 0. The highest BCUT2D eigenvalue weighted by molar-refractivity contribution is 5.84. The van der Waals surface area contributed by atoms with Gasteiger partial charge in [0.05, 0.1) is 17.1 Å². The molecule has 1 aromatic carbocycles. The molecule has 0 fully saturated rings. The van der Waals surface area contributed by atoms with Gasteiger partial charge in [0.25, 0.3) is 0 Å². The maximum absolute atomic E-state index is 3.68. The van der Waals surface area contributed by atoms with Crippen molar-refractivity contribution in [2.24, 2.45) is 0 Å². The third kappa shape index (κ3) is 2.05. The van der Waals surface area contributed by atoms with Gasteiger partial charge >= 0.3 is 0 Å². The quantitative estimate of drug-likeness (QED) is 0.847. The predicted octanol–water partition coefficient (Wildman–Crippen LogP) is 4.49. The van der Waals surface area contributed by atoms with E-state index in [4.69, 9.17) is 0 Å². The third-order valence-corrected chi connectivity index (χ3v) is 4.22. The Morgan fingerprint density at radius 1 is 1.24 bits per heavy atom. The molecule has 1 aromatic heterocycles. The summed E-state index contributed by atoms with van der Waals surface area (Å²) >= 11 is 0. The van der Waals surface area contributed by atoms with Crippen LogP contribution in [0.25, 0.3) is 0 Å². The number of benzene rings is 1. The fraction of sp³-hybridized carbons (Fsp3) is 0.222. The minimum atomic E-state index is 0.211. The average Bonchev–Trinajstić information content (AvgIpc) is 3.14. The molecule has 2 aliphatic rings. The highest BCUT2D eigenvalue weighted by Crippen LogP contribution is 2.43. The van der Waals surface area contributed by atoms with Crippen molar-refractivity contribution in [2.75, 3.05) is 10.2 Å². The molecule has 21 heavy (non-hydrogen) atoms. The van der Waals surface area contributed by atoms with E-state index in [1.807, 2.05) is 6.20 Å². The van der Waals surface area contributed by atoms with E-state index in [-0.39, 0.29) is 6.17 Å². The fourth-order valence-electron chi connectivity index (χ4n) is 3.17. The van der Waals surface area contributed by atoms with Crippen LogP contribution >= 0.6 is 0 Å². The van der Waals surface area contributed by atoms with Crippen LogP contribution in [-0.4, -0.2) is 11.1 Å². The van der Waals surface area contributed by atoms with E-state index in [2.05, 4.69) is 70.8 Å². The number of anilines is 3. The molecule has 0 amide bonds. The number of H-pyrrole nitrogens is 1. The number of hydrogen-bond donors (Lipinski definition) is 2. The number of aryl methyl sites for hydroxylation is 1. The highest BCUT2D eigenvalue weighted by Gasteiger charge is 2.32. The van der Waals surface area contributed by atoms with Crippen LogP contribution in [-0.2, 0) is 0 Å². The summed E-state index contributed by atoms with van der Waals surface area (Å²) in [6.45, 7) is 2.14. The molecule has 1 unspecified atom stereocenters. The van der Waals surface area contributed by atoms with E-state index in [0.717, 1.165) is 12.8 Å². The lowest BCUT2D eigenvalue weighted by Crippen LogP contribution is -2.33. The minimum Gasteiger partial charge on any atom is -0.366 e.